The molecule has 1 aromatic carbocycles. The molecule has 1 unspecified atom stereocenters. The quantitative estimate of drug-likeness (QED) is 0.899. The first-order chi connectivity index (χ1) is 10.3. The summed E-state index contributed by atoms with van der Waals surface area (Å²) in [5.74, 6) is 0.458. The first-order valence-corrected chi connectivity index (χ1v) is 8.26. The molecule has 112 valence electrons. The second-order valence-corrected chi connectivity index (χ2v) is 6.66. The average Bonchev–Trinajstić information content (AvgIpc) is 2.97. The van der Waals surface area contributed by atoms with Gasteiger partial charge in [-0.05, 0) is 48.6 Å². The monoisotopic (exact) mass is 305 g/mol. The Morgan fingerprint density at radius 3 is 3.05 bits per heavy atom. The van der Waals surface area contributed by atoms with Crippen molar-refractivity contribution in [1.82, 2.24) is 5.32 Å². The molecule has 0 spiro atoms. The third-order valence-electron chi connectivity index (χ3n) is 3.76. The lowest BCUT2D eigenvalue weighted by Crippen LogP contribution is -2.28. The number of hydrogen-bond donors (Lipinski definition) is 1. The lowest BCUT2D eigenvalue weighted by atomic mass is 10.0. The van der Waals surface area contributed by atoms with Gasteiger partial charge in [0.05, 0.1) is 6.61 Å². The Balaban J connectivity index is 1.53. The summed E-state index contributed by atoms with van der Waals surface area (Å²) in [6.45, 7) is 3.67. The molecule has 2 nitrogen and oxygen atoms in total. The third kappa shape index (κ3) is 4.13. The van der Waals surface area contributed by atoms with Crippen molar-refractivity contribution in [2.24, 2.45) is 5.92 Å². The summed E-state index contributed by atoms with van der Waals surface area (Å²) in [5, 5.41) is 3.50. The van der Waals surface area contributed by atoms with Gasteiger partial charge in [-0.15, -0.1) is 11.3 Å². The van der Waals surface area contributed by atoms with Crippen LogP contribution in [0.15, 0.2) is 36.4 Å². The van der Waals surface area contributed by atoms with Crippen LogP contribution in [-0.4, -0.2) is 19.8 Å². The maximum atomic E-state index is 13.2. The molecule has 3 rings (SSSR count). The number of ether oxygens (including phenoxy) is 1. The predicted octanol–water partition coefficient (Wildman–Crippen LogP) is 4.07. The van der Waals surface area contributed by atoms with Crippen LogP contribution >= 0.6 is 11.3 Å². The van der Waals surface area contributed by atoms with Crippen LogP contribution in [0.1, 0.15) is 17.7 Å². The largest absolute Gasteiger partial charge is 0.381 e. The molecule has 1 aliphatic rings. The lowest BCUT2D eigenvalue weighted by molar-refractivity contribution is 0.0548. The summed E-state index contributed by atoms with van der Waals surface area (Å²) in [6, 6.07) is 11.0. The fourth-order valence-electron chi connectivity index (χ4n) is 2.64. The summed E-state index contributed by atoms with van der Waals surface area (Å²) in [4.78, 5) is 2.40. The molecule has 2 aromatic rings. The van der Waals surface area contributed by atoms with Crippen molar-refractivity contribution in [3.8, 4) is 10.4 Å². The summed E-state index contributed by atoms with van der Waals surface area (Å²) in [7, 11) is 0. The van der Waals surface area contributed by atoms with Gasteiger partial charge in [0.25, 0.3) is 0 Å². The zero-order valence-corrected chi connectivity index (χ0v) is 12.8. The minimum absolute atomic E-state index is 0.183. The van der Waals surface area contributed by atoms with E-state index < -0.39 is 0 Å². The molecule has 4 heteroatoms. The molecule has 1 fully saturated rings. The highest BCUT2D eigenvalue weighted by atomic mass is 32.1. The molecule has 1 atom stereocenters. The van der Waals surface area contributed by atoms with Gasteiger partial charge >= 0.3 is 0 Å². The Morgan fingerprint density at radius 2 is 2.24 bits per heavy atom. The van der Waals surface area contributed by atoms with Crippen molar-refractivity contribution in [3.05, 3.63) is 47.1 Å². The number of hydrogen-bond acceptors (Lipinski definition) is 3. The Morgan fingerprint density at radius 1 is 1.29 bits per heavy atom. The van der Waals surface area contributed by atoms with E-state index in [1.54, 1.807) is 23.5 Å². The van der Waals surface area contributed by atoms with Crippen molar-refractivity contribution in [3.63, 3.8) is 0 Å². The van der Waals surface area contributed by atoms with E-state index in [0.29, 0.717) is 5.92 Å². The molecule has 0 radical (unpaired) electrons. The summed E-state index contributed by atoms with van der Waals surface area (Å²) in [5.41, 5.74) is 0.951. The molecule has 2 heterocycles. The second-order valence-electron chi connectivity index (χ2n) is 5.49. The highest BCUT2D eigenvalue weighted by molar-refractivity contribution is 7.15. The highest BCUT2D eigenvalue weighted by Gasteiger charge is 2.13. The topological polar surface area (TPSA) is 21.3 Å². The summed E-state index contributed by atoms with van der Waals surface area (Å²) >= 11 is 1.72. The minimum atomic E-state index is -0.183. The second kappa shape index (κ2) is 7.16. The van der Waals surface area contributed by atoms with E-state index in [0.717, 1.165) is 36.7 Å². The Labute approximate surface area is 129 Å². The molecule has 0 saturated carbocycles. The molecule has 1 saturated heterocycles. The van der Waals surface area contributed by atoms with Crippen LogP contribution in [0.5, 0.6) is 0 Å². The molecule has 1 aliphatic heterocycles. The fourth-order valence-corrected chi connectivity index (χ4v) is 3.61. The molecular formula is C17H20FNOS. The van der Waals surface area contributed by atoms with Crippen LogP contribution in [0.2, 0.25) is 0 Å². The van der Waals surface area contributed by atoms with Gasteiger partial charge in [-0.1, -0.05) is 12.1 Å². The van der Waals surface area contributed by atoms with Crippen molar-refractivity contribution < 1.29 is 9.13 Å². The van der Waals surface area contributed by atoms with Crippen LogP contribution in [0, 0.1) is 11.7 Å². The third-order valence-corrected chi connectivity index (χ3v) is 4.89. The molecular weight excluding hydrogens is 285 g/mol. The van der Waals surface area contributed by atoms with Gasteiger partial charge < -0.3 is 10.1 Å². The first-order valence-electron chi connectivity index (χ1n) is 7.44. The summed E-state index contributed by atoms with van der Waals surface area (Å²) < 4.78 is 18.7. The van der Waals surface area contributed by atoms with Gasteiger partial charge in [0.1, 0.15) is 5.82 Å². The maximum Gasteiger partial charge on any atom is 0.123 e. The van der Waals surface area contributed by atoms with E-state index in [1.807, 2.05) is 6.07 Å². The smallest absolute Gasteiger partial charge is 0.123 e. The van der Waals surface area contributed by atoms with E-state index in [9.17, 15) is 4.39 Å². The van der Waals surface area contributed by atoms with Crippen LogP contribution < -0.4 is 5.32 Å². The Hall–Kier alpha value is -1.23. The molecule has 0 amide bonds. The number of halogens is 1. The number of thiophene rings is 1. The number of rotatable bonds is 5. The van der Waals surface area contributed by atoms with Crippen LogP contribution in [0.25, 0.3) is 10.4 Å². The first kappa shape index (κ1) is 14.7. The van der Waals surface area contributed by atoms with Crippen LogP contribution in [0.3, 0.4) is 0 Å². The normalized spacial score (nSPS) is 18.8. The van der Waals surface area contributed by atoms with Crippen molar-refractivity contribution in [1.29, 1.82) is 0 Å². The predicted molar refractivity (Wildman–Crippen MR) is 85.0 cm³/mol. The van der Waals surface area contributed by atoms with Crippen molar-refractivity contribution >= 4 is 11.3 Å². The molecule has 21 heavy (non-hydrogen) atoms. The van der Waals surface area contributed by atoms with E-state index in [4.69, 9.17) is 4.74 Å². The zero-order chi connectivity index (χ0) is 14.5. The van der Waals surface area contributed by atoms with Crippen LogP contribution in [-0.2, 0) is 11.3 Å². The van der Waals surface area contributed by atoms with Gasteiger partial charge in [0.15, 0.2) is 0 Å². The maximum absolute atomic E-state index is 13.2. The molecule has 1 aromatic heterocycles. The molecule has 0 bridgehead atoms. The van der Waals surface area contributed by atoms with Crippen LogP contribution in [0.4, 0.5) is 4.39 Å². The van der Waals surface area contributed by atoms with E-state index in [2.05, 4.69) is 17.4 Å². The molecule has 0 aliphatic carbocycles. The highest BCUT2D eigenvalue weighted by Crippen LogP contribution is 2.28. The van der Waals surface area contributed by atoms with Gasteiger partial charge in [0, 0.05) is 29.5 Å². The molecule has 1 N–H and O–H groups in total. The van der Waals surface area contributed by atoms with Crippen molar-refractivity contribution in [2.75, 3.05) is 19.8 Å². The SMILES string of the molecule is Fc1cccc(-c2ccc(CNCC3CCCOC3)s2)c1. The Bertz CT molecular complexity index is 578. The lowest BCUT2D eigenvalue weighted by Gasteiger charge is -2.22. The standard InChI is InChI=1S/C17H20FNOS/c18-15-5-1-4-14(9-15)17-7-6-16(21-17)11-19-10-13-3-2-8-20-12-13/h1,4-7,9,13,19H,2-3,8,10-12H2. The van der Waals surface area contributed by atoms with E-state index in [1.165, 1.54) is 23.8 Å². The summed E-state index contributed by atoms with van der Waals surface area (Å²) in [6.07, 6.45) is 2.43. The number of nitrogens with one attached hydrogen (secondary N) is 1. The number of benzene rings is 1. The average molecular weight is 305 g/mol. The van der Waals surface area contributed by atoms with Gasteiger partial charge in [0.2, 0.25) is 0 Å². The minimum Gasteiger partial charge on any atom is -0.381 e. The zero-order valence-electron chi connectivity index (χ0n) is 12.0. The van der Waals surface area contributed by atoms with E-state index >= 15 is 0 Å². The van der Waals surface area contributed by atoms with Crippen molar-refractivity contribution in [2.45, 2.75) is 19.4 Å². The van der Waals surface area contributed by atoms with Gasteiger partial charge in [-0.2, -0.15) is 0 Å². The Kier molecular flexibility index (Phi) is 5.01. The van der Waals surface area contributed by atoms with Gasteiger partial charge in [-0.3, -0.25) is 0 Å². The van der Waals surface area contributed by atoms with Gasteiger partial charge in [-0.25, -0.2) is 4.39 Å². The fraction of sp³-hybridized carbons (Fsp3) is 0.412. The van der Waals surface area contributed by atoms with E-state index in [-0.39, 0.29) is 5.82 Å².